The van der Waals surface area contributed by atoms with E-state index in [2.05, 4.69) is 22.2 Å². The van der Waals surface area contributed by atoms with E-state index in [0.717, 1.165) is 23.8 Å². The third-order valence-corrected chi connectivity index (χ3v) is 3.27. The van der Waals surface area contributed by atoms with Crippen molar-refractivity contribution in [2.45, 2.75) is 32.8 Å². The van der Waals surface area contributed by atoms with E-state index in [9.17, 15) is 5.11 Å². The standard InChI is InChI=1S/C12H21N3OS/c1-5-10-6-11(15-9(2)14-10)13-7-12(3,16)8-17-4/h6,16H,5,7-8H2,1-4H3,(H,13,14,15). The van der Waals surface area contributed by atoms with E-state index in [-0.39, 0.29) is 0 Å². The molecule has 0 aliphatic carbocycles. The van der Waals surface area contributed by atoms with Crippen LogP contribution in [0.15, 0.2) is 6.07 Å². The highest BCUT2D eigenvalue weighted by Gasteiger charge is 2.19. The Bertz CT molecular complexity index is 369. The first-order valence-electron chi connectivity index (χ1n) is 5.76. The molecule has 1 unspecified atom stereocenters. The highest BCUT2D eigenvalue weighted by atomic mass is 32.2. The molecule has 0 bridgehead atoms. The van der Waals surface area contributed by atoms with Gasteiger partial charge in [0.25, 0.3) is 0 Å². The minimum atomic E-state index is -0.718. The largest absolute Gasteiger partial charge is 0.387 e. The molecular formula is C12H21N3OS. The van der Waals surface area contributed by atoms with Gasteiger partial charge in [-0.3, -0.25) is 0 Å². The van der Waals surface area contributed by atoms with Crippen LogP contribution < -0.4 is 5.32 Å². The number of hydrogen-bond acceptors (Lipinski definition) is 5. The zero-order chi connectivity index (χ0) is 12.9. The Morgan fingerprint density at radius 3 is 2.76 bits per heavy atom. The number of aromatic nitrogens is 2. The van der Waals surface area contributed by atoms with Crippen molar-refractivity contribution in [2.24, 2.45) is 0 Å². The van der Waals surface area contributed by atoms with Crippen LogP contribution in [-0.4, -0.2) is 39.2 Å². The van der Waals surface area contributed by atoms with Crippen molar-refractivity contribution in [3.05, 3.63) is 17.6 Å². The topological polar surface area (TPSA) is 58.0 Å². The summed E-state index contributed by atoms with van der Waals surface area (Å²) in [4.78, 5) is 8.62. The Labute approximate surface area is 107 Å². The van der Waals surface area contributed by atoms with Gasteiger partial charge in [-0.05, 0) is 26.5 Å². The minimum absolute atomic E-state index is 0.493. The van der Waals surface area contributed by atoms with Crippen LogP contribution in [0.25, 0.3) is 0 Å². The summed E-state index contributed by atoms with van der Waals surface area (Å²) in [5, 5.41) is 13.2. The van der Waals surface area contributed by atoms with Crippen molar-refractivity contribution < 1.29 is 5.11 Å². The number of thioether (sulfide) groups is 1. The molecule has 1 atom stereocenters. The molecule has 0 saturated carbocycles. The predicted molar refractivity (Wildman–Crippen MR) is 73.6 cm³/mol. The molecule has 1 rings (SSSR count). The summed E-state index contributed by atoms with van der Waals surface area (Å²) in [6, 6.07) is 1.93. The maximum absolute atomic E-state index is 10.0. The minimum Gasteiger partial charge on any atom is -0.387 e. The third kappa shape index (κ3) is 4.91. The lowest BCUT2D eigenvalue weighted by Gasteiger charge is -2.22. The van der Waals surface area contributed by atoms with Crippen LogP contribution >= 0.6 is 11.8 Å². The van der Waals surface area contributed by atoms with Crippen molar-refractivity contribution in [1.29, 1.82) is 0 Å². The molecular weight excluding hydrogens is 234 g/mol. The number of aliphatic hydroxyl groups is 1. The summed E-state index contributed by atoms with van der Waals surface area (Å²) >= 11 is 1.63. The first kappa shape index (κ1) is 14.3. The number of rotatable bonds is 6. The molecule has 0 fully saturated rings. The molecule has 1 aromatic heterocycles. The maximum atomic E-state index is 10.0. The Morgan fingerprint density at radius 2 is 2.18 bits per heavy atom. The van der Waals surface area contributed by atoms with Gasteiger partial charge in [0.1, 0.15) is 11.6 Å². The fourth-order valence-corrected chi connectivity index (χ4v) is 2.27. The zero-order valence-electron chi connectivity index (χ0n) is 10.9. The SMILES string of the molecule is CCc1cc(NCC(C)(O)CSC)nc(C)n1. The van der Waals surface area contributed by atoms with Crippen LogP contribution in [0, 0.1) is 6.92 Å². The molecule has 1 heterocycles. The van der Waals surface area contributed by atoms with E-state index in [1.165, 1.54) is 0 Å². The molecule has 0 aromatic carbocycles. The first-order valence-corrected chi connectivity index (χ1v) is 7.16. The van der Waals surface area contributed by atoms with Gasteiger partial charge < -0.3 is 10.4 Å². The van der Waals surface area contributed by atoms with E-state index in [4.69, 9.17) is 0 Å². The summed E-state index contributed by atoms with van der Waals surface area (Å²) in [5.74, 6) is 2.25. The number of hydrogen-bond donors (Lipinski definition) is 2. The van der Waals surface area contributed by atoms with Crippen LogP contribution in [0.4, 0.5) is 5.82 Å². The molecule has 0 amide bonds. The Hall–Kier alpha value is -0.810. The first-order chi connectivity index (χ1) is 7.96. The molecule has 0 aliphatic heterocycles. The van der Waals surface area contributed by atoms with Gasteiger partial charge in [-0.15, -0.1) is 0 Å². The van der Waals surface area contributed by atoms with Crippen molar-refractivity contribution in [3.63, 3.8) is 0 Å². The van der Waals surface area contributed by atoms with E-state index in [0.29, 0.717) is 12.3 Å². The van der Waals surface area contributed by atoms with Crippen LogP contribution in [-0.2, 0) is 6.42 Å². The average Bonchev–Trinajstić information content (AvgIpc) is 2.26. The van der Waals surface area contributed by atoms with Gasteiger partial charge in [0.05, 0.1) is 5.60 Å². The zero-order valence-corrected chi connectivity index (χ0v) is 11.8. The second-order valence-electron chi connectivity index (χ2n) is 4.43. The average molecular weight is 255 g/mol. The second-order valence-corrected chi connectivity index (χ2v) is 5.29. The van der Waals surface area contributed by atoms with E-state index < -0.39 is 5.60 Å². The van der Waals surface area contributed by atoms with Crippen LogP contribution in [0.1, 0.15) is 25.4 Å². The highest BCUT2D eigenvalue weighted by molar-refractivity contribution is 7.98. The summed E-state index contributed by atoms with van der Waals surface area (Å²) in [5.41, 5.74) is 0.300. The molecule has 0 aliphatic rings. The van der Waals surface area contributed by atoms with Crippen molar-refractivity contribution in [1.82, 2.24) is 9.97 Å². The molecule has 96 valence electrons. The summed E-state index contributed by atoms with van der Waals surface area (Å²) in [6.07, 6.45) is 2.87. The monoisotopic (exact) mass is 255 g/mol. The van der Waals surface area contributed by atoms with Gasteiger partial charge >= 0.3 is 0 Å². The number of nitrogens with one attached hydrogen (secondary N) is 1. The van der Waals surface area contributed by atoms with Gasteiger partial charge in [-0.1, -0.05) is 6.92 Å². The smallest absolute Gasteiger partial charge is 0.130 e. The van der Waals surface area contributed by atoms with Gasteiger partial charge in [0.2, 0.25) is 0 Å². The Kier molecular flexibility index (Phi) is 5.21. The molecule has 0 radical (unpaired) electrons. The van der Waals surface area contributed by atoms with Crippen LogP contribution in [0.5, 0.6) is 0 Å². The Balaban J connectivity index is 2.65. The maximum Gasteiger partial charge on any atom is 0.130 e. The van der Waals surface area contributed by atoms with Gasteiger partial charge in [-0.25, -0.2) is 9.97 Å². The fraction of sp³-hybridized carbons (Fsp3) is 0.667. The molecule has 0 spiro atoms. The van der Waals surface area contributed by atoms with E-state index >= 15 is 0 Å². The summed E-state index contributed by atoms with van der Waals surface area (Å²) in [6.45, 7) is 6.26. The Morgan fingerprint density at radius 1 is 1.47 bits per heavy atom. The fourth-order valence-electron chi connectivity index (χ4n) is 1.54. The lowest BCUT2D eigenvalue weighted by atomic mass is 10.1. The van der Waals surface area contributed by atoms with Crippen LogP contribution in [0.3, 0.4) is 0 Å². The summed E-state index contributed by atoms with van der Waals surface area (Å²) in [7, 11) is 0. The molecule has 5 heteroatoms. The van der Waals surface area contributed by atoms with E-state index in [1.54, 1.807) is 11.8 Å². The number of nitrogens with zero attached hydrogens (tertiary/aromatic N) is 2. The predicted octanol–water partition coefficient (Wildman–Crippen LogP) is 1.87. The quantitative estimate of drug-likeness (QED) is 0.812. The molecule has 17 heavy (non-hydrogen) atoms. The van der Waals surface area contributed by atoms with Crippen LogP contribution in [0.2, 0.25) is 0 Å². The second kappa shape index (κ2) is 6.21. The lowest BCUT2D eigenvalue weighted by molar-refractivity contribution is 0.0996. The van der Waals surface area contributed by atoms with Gasteiger partial charge in [0, 0.05) is 24.1 Å². The highest BCUT2D eigenvalue weighted by Crippen LogP contribution is 2.13. The van der Waals surface area contributed by atoms with Gasteiger partial charge in [-0.2, -0.15) is 11.8 Å². The van der Waals surface area contributed by atoms with Crippen molar-refractivity contribution in [2.75, 3.05) is 23.9 Å². The number of aryl methyl sites for hydroxylation is 2. The molecule has 1 aromatic rings. The molecule has 0 saturated heterocycles. The van der Waals surface area contributed by atoms with E-state index in [1.807, 2.05) is 26.2 Å². The normalized spacial score (nSPS) is 14.4. The number of anilines is 1. The summed E-state index contributed by atoms with van der Waals surface area (Å²) < 4.78 is 0. The molecule has 2 N–H and O–H groups in total. The van der Waals surface area contributed by atoms with Gasteiger partial charge in [0.15, 0.2) is 0 Å². The van der Waals surface area contributed by atoms with Crippen molar-refractivity contribution in [3.8, 4) is 0 Å². The lowest BCUT2D eigenvalue weighted by Crippen LogP contribution is -2.36. The van der Waals surface area contributed by atoms with Crippen molar-refractivity contribution >= 4 is 17.6 Å². The molecule has 4 nitrogen and oxygen atoms in total. The third-order valence-electron chi connectivity index (χ3n) is 2.36.